The summed E-state index contributed by atoms with van der Waals surface area (Å²) in [6.07, 6.45) is -0.541. The van der Waals surface area contributed by atoms with E-state index < -0.39 is 35.7 Å². The number of rotatable bonds is 4. The molecule has 0 aliphatic carbocycles. The van der Waals surface area contributed by atoms with Crippen molar-refractivity contribution < 1.29 is 24.4 Å². The number of hydrogen-bond donors (Lipinski definition) is 1. The summed E-state index contributed by atoms with van der Waals surface area (Å²) in [5, 5.41) is 11.2. The van der Waals surface area contributed by atoms with E-state index >= 15 is 0 Å². The van der Waals surface area contributed by atoms with Gasteiger partial charge in [-0.2, -0.15) is 5.06 Å². The molecule has 0 radical (unpaired) electrons. The van der Waals surface area contributed by atoms with Crippen molar-refractivity contribution >= 4 is 35.0 Å². The predicted octanol–water partition coefficient (Wildman–Crippen LogP) is 1.34. The molecule has 8 heteroatoms. The second-order valence-corrected chi connectivity index (χ2v) is 6.63. The van der Waals surface area contributed by atoms with Gasteiger partial charge in [0, 0.05) is 0 Å². The molecule has 8 nitrogen and oxygen atoms in total. The van der Waals surface area contributed by atoms with E-state index in [2.05, 4.69) is 0 Å². The average molecular weight is 379 g/mol. The van der Waals surface area contributed by atoms with Gasteiger partial charge < -0.3 is 5.21 Å². The molecule has 0 spiro atoms. The van der Waals surface area contributed by atoms with Gasteiger partial charge in [0.05, 0.1) is 24.2 Å². The Morgan fingerprint density at radius 2 is 1.04 bits per heavy atom. The molecular formula is C20H17N3O5. The first-order valence-electron chi connectivity index (χ1n) is 8.80. The number of benzene rings is 2. The molecule has 1 N–H and O–H groups in total. The van der Waals surface area contributed by atoms with Crippen molar-refractivity contribution in [2.75, 3.05) is 9.80 Å². The summed E-state index contributed by atoms with van der Waals surface area (Å²) in [6.45, 7) is 0. The summed E-state index contributed by atoms with van der Waals surface area (Å²) in [6, 6.07) is 14.3. The Morgan fingerprint density at radius 3 is 1.39 bits per heavy atom. The Balaban J connectivity index is 1.56. The van der Waals surface area contributed by atoms with E-state index in [1.807, 2.05) is 0 Å². The minimum atomic E-state index is -1.22. The largest absolute Gasteiger partial charge is 0.312 e. The maximum absolute atomic E-state index is 12.7. The van der Waals surface area contributed by atoms with Crippen LogP contribution < -0.4 is 9.80 Å². The van der Waals surface area contributed by atoms with E-state index in [1.54, 1.807) is 60.7 Å². The van der Waals surface area contributed by atoms with Crippen LogP contribution in [0, 0.1) is 0 Å². The number of imide groups is 2. The van der Waals surface area contributed by atoms with Gasteiger partial charge in [-0.1, -0.05) is 36.4 Å². The van der Waals surface area contributed by atoms with Gasteiger partial charge in [-0.15, -0.1) is 0 Å². The van der Waals surface area contributed by atoms with Crippen LogP contribution in [-0.4, -0.2) is 46.0 Å². The molecule has 2 fully saturated rings. The van der Waals surface area contributed by atoms with Crippen LogP contribution in [0.25, 0.3) is 0 Å². The standard InChI is InChI=1S/C20H17N3O5/c24-17-11-15(19(26)21(17)13-7-3-1-4-8-13)23(28)16-12-18(25)22(20(16)27)14-9-5-2-6-10-14/h1-10,15-16,28H,11-12H2/t15-,16+. The highest BCUT2D eigenvalue weighted by Crippen LogP contribution is 2.30. The van der Waals surface area contributed by atoms with Gasteiger partial charge in [0.2, 0.25) is 11.8 Å². The summed E-state index contributed by atoms with van der Waals surface area (Å²) < 4.78 is 0. The van der Waals surface area contributed by atoms with Crippen molar-refractivity contribution in [3.8, 4) is 0 Å². The maximum atomic E-state index is 12.7. The highest BCUT2D eigenvalue weighted by atomic mass is 16.5. The Labute approximate surface area is 160 Å². The van der Waals surface area contributed by atoms with Crippen LogP contribution in [0.4, 0.5) is 11.4 Å². The predicted molar refractivity (Wildman–Crippen MR) is 98.3 cm³/mol. The quantitative estimate of drug-likeness (QED) is 0.636. The molecule has 28 heavy (non-hydrogen) atoms. The lowest BCUT2D eigenvalue weighted by Gasteiger charge is -2.25. The average Bonchev–Trinajstić information content (AvgIpc) is 3.17. The highest BCUT2D eigenvalue weighted by Gasteiger charge is 2.50. The molecule has 0 unspecified atom stereocenters. The summed E-state index contributed by atoms with van der Waals surface area (Å²) in [5.74, 6) is -2.21. The van der Waals surface area contributed by atoms with Crippen molar-refractivity contribution in [1.29, 1.82) is 0 Å². The zero-order valence-electron chi connectivity index (χ0n) is 14.8. The molecule has 0 bridgehead atoms. The normalized spacial score (nSPS) is 22.6. The van der Waals surface area contributed by atoms with Crippen molar-refractivity contribution in [1.82, 2.24) is 5.06 Å². The van der Waals surface area contributed by atoms with E-state index in [1.165, 1.54) is 0 Å². The van der Waals surface area contributed by atoms with E-state index in [0.29, 0.717) is 16.4 Å². The molecule has 2 aromatic carbocycles. The van der Waals surface area contributed by atoms with Crippen molar-refractivity contribution in [3.63, 3.8) is 0 Å². The third kappa shape index (κ3) is 2.88. The molecule has 0 saturated carbocycles. The van der Waals surface area contributed by atoms with Crippen LogP contribution in [0.3, 0.4) is 0 Å². The Morgan fingerprint density at radius 1 is 0.679 bits per heavy atom. The van der Waals surface area contributed by atoms with Crippen LogP contribution in [0.15, 0.2) is 60.7 Å². The van der Waals surface area contributed by atoms with Crippen molar-refractivity contribution in [3.05, 3.63) is 60.7 Å². The lowest BCUT2D eigenvalue weighted by molar-refractivity contribution is -0.172. The summed E-state index contributed by atoms with van der Waals surface area (Å²) >= 11 is 0. The van der Waals surface area contributed by atoms with Gasteiger partial charge >= 0.3 is 0 Å². The monoisotopic (exact) mass is 379 g/mol. The molecule has 2 aliphatic heterocycles. The molecule has 142 valence electrons. The first kappa shape index (κ1) is 18.0. The van der Waals surface area contributed by atoms with Crippen LogP contribution in [-0.2, 0) is 19.2 Å². The Kier molecular flexibility index (Phi) is 4.50. The molecule has 0 aromatic heterocycles. The fourth-order valence-electron chi connectivity index (χ4n) is 3.56. The number of nitrogens with zero attached hydrogens (tertiary/aromatic N) is 3. The van der Waals surface area contributed by atoms with E-state index in [4.69, 9.17) is 0 Å². The van der Waals surface area contributed by atoms with E-state index in [0.717, 1.165) is 9.80 Å². The lowest BCUT2D eigenvalue weighted by Crippen LogP contribution is -2.48. The first-order valence-corrected chi connectivity index (χ1v) is 8.80. The fraction of sp³-hybridized carbons (Fsp3) is 0.200. The zero-order valence-corrected chi connectivity index (χ0v) is 14.8. The summed E-state index contributed by atoms with van der Waals surface area (Å²) in [7, 11) is 0. The van der Waals surface area contributed by atoms with Crippen LogP contribution in [0.2, 0.25) is 0 Å². The van der Waals surface area contributed by atoms with Crippen molar-refractivity contribution in [2.24, 2.45) is 0 Å². The topological polar surface area (TPSA) is 98.2 Å². The smallest absolute Gasteiger partial charge is 0.254 e. The molecule has 4 amide bonds. The van der Waals surface area contributed by atoms with Gasteiger partial charge in [-0.05, 0) is 24.3 Å². The maximum Gasteiger partial charge on any atom is 0.254 e. The van der Waals surface area contributed by atoms with E-state index in [9.17, 15) is 24.4 Å². The number of carbonyl (C=O) groups excluding carboxylic acids is 4. The SMILES string of the molecule is O=C1C[C@@H](N(O)[C@H]2CC(=O)N(c3ccccc3)C2=O)C(=O)N1c1ccccc1. The first-order chi connectivity index (χ1) is 13.5. The molecule has 2 aliphatic rings. The number of hydrogen-bond acceptors (Lipinski definition) is 6. The molecular weight excluding hydrogens is 362 g/mol. The number of anilines is 2. The van der Waals surface area contributed by atoms with Crippen molar-refractivity contribution in [2.45, 2.75) is 24.9 Å². The Bertz CT molecular complexity index is 869. The van der Waals surface area contributed by atoms with Crippen LogP contribution in [0.1, 0.15) is 12.8 Å². The zero-order chi connectivity index (χ0) is 19.8. The van der Waals surface area contributed by atoms with Gasteiger partial charge in [0.25, 0.3) is 11.8 Å². The second kappa shape index (κ2) is 6.99. The van der Waals surface area contributed by atoms with Gasteiger partial charge in [0.15, 0.2) is 0 Å². The summed E-state index contributed by atoms with van der Waals surface area (Å²) in [5.41, 5.74) is 0.793. The van der Waals surface area contributed by atoms with Gasteiger partial charge in [-0.25, -0.2) is 9.80 Å². The van der Waals surface area contributed by atoms with Gasteiger partial charge in [0.1, 0.15) is 12.1 Å². The third-order valence-corrected chi connectivity index (χ3v) is 4.91. The lowest BCUT2D eigenvalue weighted by atomic mass is 10.1. The number of carbonyl (C=O) groups is 4. The number of amides is 4. The second-order valence-electron chi connectivity index (χ2n) is 6.63. The minimum absolute atomic E-state index is 0.270. The molecule has 4 rings (SSSR count). The minimum Gasteiger partial charge on any atom is -0.312 e. The molecule has 2 atom stereocenters. The van der Waals surface area contributed by atoms with Crippen LogP contribution in [0.5, 0.6) is 0 Å². The molecule has 2 aromatic rings. The third-order valence-electron chi connectivity index (χ3n) is 4.91. The number of hydroxylamine groups is 2. The Hall–Kier alpha value is -3.36. The van der Waals surface area contributed by atoms with E-state index in [-0.39, 0.29) is 12.8 Å². The highest BCUT2D eigenvalue weighted by molar-refractivity contribution is 6.24. The van der Waals surface area contributed by atoms with Crippen LogP contribution >= 0.6 is 0 Å². The molecule has 2 saturated heterocycles. The summed E-state index contributed by atoms with van der Waals surface area (Å²) in [4.78, 5) is 52.2. The molecule has 2 heterocycles. The fourth-order valence-corrected chi connectivity index (χ4v) is 3.56. The number of para-hydroxylation sites is 2. The van der Waals surface area contributed by atoms with Gasteiger partial charge in [-0.3, -0.25) is 19.2 Å².